The SMILES string of the molecule is CC(Cl)c1nc2ccc(Br)cc2n1-c1ccccc1F. The van der Waals surface area contributed by atoms with Crippen molar-refractivity contribution in [3.8, 4) is 5.69 Å². The molecule has 1 aromatic heterocycles. The molecule has 0 spiro atoms. The smallest absolute Gasteiger partial charge is 0.147 e. The predicted octanol–water partition coefficient (Wildman–Crippen LogP) is 5.23. The standard InChI is InChI=1S/C15H11BrClFN2/c1-9(17)15-19-12-7-6-10(16)8-14(12)20(15)13-5-3-2-4-11(13)18/h2-9H,1H3. The van der Waals surface area contributed by atoms with E-state index < -0.39 is 0 Å². The Bertz CT molecular complexity index is 783. The first-order valence-corrected chi connectivity index (χ1v) is 7.38. The van der Waals surface area contributed by atoms with Gasteiger partial charge in [0, 0.05) is 4.47 Å². The molecule has 3 aromatic rings. The number of para-hydroxylation sites is 1. The lowest BCUT2D eigenvalue weighted by atomic mass is 10.2. The highest BCUT2D eigenvalue weighted by Crippen LogP contribution is 2.30. The van der Waals surface area contributed by atoms with E-state index >= 15 is 0 Å². The lowest BCUT2D eigenvalue weighted by Crippen LogP contribution is -2.04. The molecule has 102 valence electrons. The molecule has 1 unspecified atom stereocenters. The molecule has 0 aliphatic heterocycles. The van der Waals surface area contributed by atoms with Gasteiger partial charge in [0.1, 0.15) is 11.6 Å². The first-order chi connectivity index (χ1) is 9.58. The summed E-state index contributed by atoms with van der Waals surface area (Å²) in [5.41, 5.74) is 2.07. The maximum atomic E-state index is 14.1. The summed E-state index contributed by atoms with van der Waals surface area (Å²) in [4.78, 5) is 4.51. The normalized spacial score (nSPS) is 12.8. The van der Waals surface area contributed by atoms with Gasteiger partial charge in [-0.1, -0.05) is 28.1 Å². The molecular formula is C15H11BrClFN2. The zero-order valence-electron chi connectivity index (χ0n) is 10.6. The van der Waals surface area contributed by atoms with Gasteiger partial charge in [0.2, 0.25) is 0 Å². The van der Waals surface area contributed by atoms with E-state index in [1.54, 1.807) is 22.8 Å². The van der Waals surface area contributed by atoms with Crippen LogP contribution in [0.25, 0.3) is 16.7 Å². The van der Waals surface area contributed by atoms with Crippen molar-refractivity contribution in [3.63, 3.8) is 0 Å². The Morgan fingerprint density at radius 3 is 2.70 bits per heavy atom. The second-order valence-corrected chi connectivity index (χ2v) is 6.08. The molecule has 0 N–H and O–H groups in total. The maximum Gasteiger partial charge on any atom is 0.147 e. The number of aromatic nitrogens is 2. The third-order valence-electron chi connectivity index (χ3n) is 3.09. The molecule has 0 bridgehead atoms. The average molecular weight is 354 g/mol. The van der Waals surface area contributed by atoms with Crippen molar-refractivity contribution >= 4 is 38.6 Å². The minimum Gasteiger partial charge on any atom is -0.292 e. The van der Waals surface area contributed by atoms with Gasteiger partial charge in [-0.2, -0.15) is 0 Å². The Kier molecular flexibility index (Phi) is 3.52. The number of fused-ring (bicyclic) bond motifs is 1. The Hall–Kier alpha value is -1.39. The molecule has 20 heavy (non-hydrogen) atoms. The average Bonchev–Trinajstić information content (AvgIpc) is 2.78. The van der Waals surface area contributed by atoms with Crippen LogP contribution in [0.15, 0.2) is 46.9 Å². The molecule has 0 saturated carbocycles. The molecule has 1 atom stereocenters. The van der Waals surface area contributed by atoms with E-state index in [1.807, 2.05) is 25.1 Å². The fourth-order valence-electron chi connectivity index (χ4n) is 2.22. The van der Waals surface area contributed by atoms with E-state index in [1.165, 1.54) is 6.07 Å². The van der Waals surface area contributed by atoms with Crippen LogP contribution in [-0.2, 0) is 0 Å². The van der Waals surface area contributed by atoms with Crippen molar-refractivity contribution in [3.05, 3.63) is 58.6 Å². The van der Waals surface area contributed by atoms with Gasteiger partial charge >= 0.3 is 0 Å². The van der Waals surface area contributed by atoms with Crippen LogP contribution in [0.5, 0.6) is 0 Å². The Balaban J connectivity index is 2.40. The number of rotatable bonds is 2. The third-order valence-corrected chi connectivity index (χ3v) is 3.78. The van der Waals surface area contributed by atoms with E-state index in [4.69, 9.17) is 11.6 Å². The van der Waals surface area contributed by atoms with Crippen molar-refractivity contribution in [2.75, 3.05) is 0 Å². The van der Waals surface area contributed by atoms with Crippen LogP contribution in [0.1, 0.15) is 18.1 Å². The summed E-state index contributed by atoms with van der Waals surface area (Å²) >= 11 is 9.64. The first-order valence-electron chi connectivity index (χ1n) is 6.15. The van der Waals surface area contributed by atoms with Crippen molar-refractivity contribution in [2.45, 2.75) is 12.3 Å². The molecule has 0 amide bonds. The lowest BCUT2D eigenvalue weighted by molar-refractivity contribution is 0.616. The lowest BCUT2D eigenvalue weighted by Gasteiger charge is -2.11. The summed E-state index contributed by atoms with van der Waals surface area (Å²) in [6.07, 6.45) is 0. The fourth-order valence-corrected chi connectivity index (χ4v) is 2.72. The summed E-state index contributed by atoms with van der Waals surface area (Å²) in [6.45, 7) is 1.83. The number of nitrogens with zero attached hydrogens (tertiary/aromatic N) is 2. The third kappa shape index (κ3) is 2.23. The van der Waals surface area contributed by atoms with E-state index in [9.17, 15) is 4.39 Å². The van der Waals surface area contributed by atoms with Gasteiger partial charge < -0.3 is 0 Å². The van der Waals surface area contributed by atoms with Gasteiger partial charge in [-0.3, -0.25) is 4.57 Å². The molecule has 2 aromatic carbocycles. The number of halogens is 3. The van der Waals surface area contributed by atoms with E-state index in [0.717, 1.165) is 15.5 Å². The molecule has 3 rings (SSSR count). The van der Waals surface area contributed by atoms with Crippen molar-refractivity contribution in [1.29, 1.82) is 0 Å². The number of hydrogen-bond donors (Lipinski definition) is 0. The highest BCUT2D eigenvalue weighted by atomic mass is 79.9. The summed E-state index contributed by atoms with van der Waals surface area (Å²) in [5, 5.41) is -0.319. The van der Waals surface area contributed by atoms with Gasteiger partial charge in [-0.15, -0.1) is 11.6 Å². The zero-order chi connectivity index (χ0) is 14.3. The Labute approximate surface area is 129 Å². The summed E-state index contributed by atoms with van der Waals surface area (Å²) in [7, 11) is 0. The minimum atomic E-state index is -0.319. The highest BCUT2D eigenvalue weighted by Gasteiger charge is 2.18. The second kappa shape index (κ2) is 5.19. The number of imidazole rings is 1. The molecule has 0 aliphatic carbocycles. The summed E-state index contributed by atoms with van der Waals surface area (Å²) in [6, 6.07) is 12.3. The molecule has 0 aliphatic rings. The van der Waals surface area contributed by atoms with Crippen LogP contribution in [0.4, 0.5) is 4.39 Å². The molecule has 0 saturated heterocycles. The van der Waals surface area contributed by atoms with E-state index in [-0.39, 0.29) is 11.2 Å². The largest absolute Gasteiger partial charge is 0.292 e. The van der Waals surface area contributed by atoms with Crippen LogP contribution in [0.2, 0.25) is 0 Å². The second-order valence-electron chi connectivity index (χ2n) is 4.51. The van der Waals surface area contributed by atoms with E-state index in [2.05, 4.69) is 20.9 Å². The molecule has 2 nitrogen and oxygen atoms in total. The van der Waals surface area contributed by atoms with Crippen LogP contribution < -0.4 is 0 Å². The fraction of sp³-hybridized carbons (Fsp3) is 0.133. The molecule has 0 radical (unpaired) electrons. The van der Waals surface area contributed by atoms with Crippen LogP contribution in [-0.4, -0.2) is 9.55 Å². The predicted molar refractivity (Wildman–Crippen MR) is 83.0 cm³/mol. The van der Waals surface area contributed by atoms with E-state index in [0.29, 0.717) is 11.5 Å². The zero-order valence-corrected chi connectivity index (χ0v) is 13.0. The van der Waals surface area contributed by atoms with Crippen molar-refractivity contribution < 1.29 is 4.39 Å². The van der Waals surface area contributed by atoms with Gasteiger partial charge in [0.25, 0.3) is 0 Å². The van der Waals surface area contributed by atoms with Crippen molar-refractivity contribution in [2.24, 2.45) is 0 Å². The maximum absolute atomic E-state index is 14.1. The minimum absolute atomic E-state index is 0.301. The summed E-state index contributed by atoms with van der Waals surface area (Å²) < 4.78 is 16.8. The number of hydrogen-bond acceptors (Lipinski definition) is 1. The monoisotopic (exact) mass is 352 g/mol. The molecular weight excluding hydrogens is 343 g/mol. The van der Waals surface area contributed by atoms with Crippen LogP contribution in [0, 0.1) is 5.82 Å². The number of alkyl halides is 1. The van der Waals surface area contributed by atoms with Crippen LogP contribution in [0.3, 0.4) is 0 Å². The molecule has 5 heteroatoms. The Morgan fingerprint density at radius 2 is 2.00 bits per heavy atom. The van der Waals surface area contributed by atoms with Gasteiger partial charge in [0.15, 0.2) is 0 Å². The van der Waals surface area contributed by atoms with Crippen molar-refractivity contribution in [1.82, 2.24) is 9.55 Å². The van der Waals surface area contributed by atoms with Gasteiger partial charge in [-0.25, -0.2) is 9.37 Å². The quantitative estimate of drug-likeness (QED) is 0.577. The summed E-state index contributed by atoms with van der Waals surface area (Å²) in [5.74, 6) is 0.329. The van der Waals surface area contributed by atoms with Crippen LogP contribution >= 0.6 is 27.5 Å². The highest BCUT2D eigenvalue weighted by molar-refractivity contribution is 9.10. The van der Waals surface area contributed by atoms with Gasteiger partial charge in [-0.05, 0) is 37.3 Å². The van der Waals surface area contributed by atoms with Gasteiger partial charge in [0.05, 0.1) is 22.1 Å². The topological polar surface area (TPSA) is 17.8 Å². The first kappa shape index (κ1) is 13.6. The molecule has 1 heterocycles. The Morgan fingerprint density at radius 1 is 1.25 bits per heavy atom. The number of benzene rings is 2. The molecule has 0 fully saturated rings.